The van der Waals surface area contributed by atoms with Crippen molar-refractivity contribution in [1.82, 2.24) is 0 Å². The van der Waals surface area contributed by atoms with Crippen LogP contribution in [0.25, 0.3) is 0 Å². The zero-order valence-corrected chi connectivity index (χ0v) is 49.9. The summed E-state index contributed by atoms with van der Waals surface area (Å²) >= 11 is 0. The minimum atomic E-state index is -0.772. The summed E-state index contributed by atoms with van der Waals surface area (Å²) in [7, 11) is 0. The molecule has 0 saturated carbocycles. The lowest BCUT2D eigenvalue weighted by atomic mass is 10.0. The van der Waals surface area contributed by atoms with Gasteiger partial charge in [-0.15, -0.1) is 0 Å². The smallest absolute Gasteiger partial charge is 0.306 e. The second kappa shape index (κ2) is 63.2. The second-order valence-electron chi connectivity index (χ2n) is 22.4. The summed E-state index contributed by atoms with van der Waals surface area (Å²) in [5.41, 5.74) is 0. The number of hydrogen-bond acceptors (Lipinski definition) is 6. The van der Waals surface area contributed by atoms with Gasteiger partial charge in [0, 0.05) is 19.3 Å². The predicted octanol–water partition coefficient (Wildman–Crippen LogP) is 22.4. The van der Waals surface area contributed by atoms with E-state index in [9.17, 15) is 14.4 Å². The number of rotatable bonds is 61. The highest BCUT2D eigenvalue weighted by Crippen LogP contribution is 2.18. The summed E-state index contributed by atoms with van der Waals surface area (Å²) in [5, 5.41) is 0. The molecule has 0 aliphatic rings. The van der Waals surface area contributed by atoms with Gasteiger partial charge in [-0.05, 0) is 51.4 Å². The van der Waals surface area contributed by atoms with E-state index >= 15 is 0 Å². The molecule has 0 fully saturated rings. The molecule has 434 valence electrons. The fourth-order valence-electron chi connectivity index (χ4n) is 9.99. The maximum atomic E-state index is 12.8. The van der Waals surface area contributed by atoms with E-state index in [-0.39, 0.29) is 31.1 Å². The summed E-state index contributed by atoms with van der Waals surface area (Å²) < 4.78 is 16.8. The van der Waals surface area contributed by atoms with Gasteiger partial charge in [0.15, 0.2) is 6.10 Å². The van der Waals surface area contributed by atoms with Crippen molar-refractivity contribution >= 4 is 17.9 Å². The molecular weight excluding hydrogens is 913 g/mol. The molecule has 0 heterocycles. The maximum Gasteiger partial charge on any atom is 0.306 e. The first-order valence-electron chi connectivity index (χ1n) is 33.0. The number of ether oxygens (including phenoxy) is 3. The lowest BCUT2D eigenvalue weighted by molar-refractivity contribution is -0.167. The van der Waals surface area contributed by atoms with Crippen LogP contribution in [-0.4, -0.2) is 37.2 Å². The Hall–Kier alpha value is -2.37. The van der Waals surface area contributed by atoms with Crippen molar-refractivity contribution in [2.24, 2.45) is 0 Å². The molecule has 0 amide bonds. The molecule has 6 heteroatoms. The van der Waals surface area contributed by atoms with Gasteiger partial charge < -0.3 is 14.2 Å². The van der Waals surface area contributed by atoms with Gasteiger partial charge in [-0.2, -0.15) is 0 Å². The zero-order chi connectivity index (χ0) is 53.6. The molecular formula is C68H126O6. The van der Waals surface area contributed by atoms with Crippen LogP contribution in [0.2, 0.25) is 0 Å². The van der Waals surface area contributed by atoms with E-state index in [0.717, 1.165) is 83.5 Å². The third-order valence-electron chi connectivity index (χ3n) is 14.9. The number of unbranched alkanes of at least 4 members (excludes halogenated alkanes) is 44. The summed E-state index contributed by atoms with van der Waals surface area (Å²) in [6.45, 7) is 6.51. The fraction of sp³-hybridized carbons (Fsp3) is 0.868. The molecule has 0 bridgehead atoms. The number of hydrogen-bond donors (Lipinski definition) is 0. The normalized spacial score (nSPS) is 12.2. The summed E-state index contributed by atoms with van der Waals surface area (Å²) in [4.78, 5) is 38.0. The van der Waals surface area contributed by atoms with Gasteiger partial charge in [0.25, 0.3) is 0 Å². The van der Waals surface area contributed by atoms with Gasteiger partial charge >= 0.3 is 17.9 Å². The second-order valence-corrected chi connectivity index (χ2v) is 22.4. The molecule has 0 aliphatic carbocycles. The molecule has 74 heavy (non-hydrogen) atoms. The van der Waals surface area contributed by atoms with Crippen LogP contribution in [-0.2, 0) is 28.6 Å². The highest BCUT2D eigenvalue weighted by Gasteiger charge is 2.19. The third-order valence-corrected chi connectivity index (χ3v) is 14.9. The van der Waals surface area contributed by atoms with Gasteiger partial charge in [-0.1, -0.05) is 327 Å². The van der Waals surface area contributed by atoms with Crippen molar-refractivity contribution in [3.8, 4) is 0 Å². The molecule has 0 aliphatic heterocycles. The van der Waals surface area contributed by atoms with Gasteiger partial charge in [0.1, 0.15) is 13.2 Å². The molecule has 0 rings (SSSR count). The minimum Gasteiger partial charge on any atom is -0.462 e. The van der Waals surface area contributed by atoms with Gasteiger partial charge in [0.2, 0.25) is 0 Å². The SMILES string of the molecule is CC/C=C\C/C=C\C/C=C\CCCCCCCCCC(=O)OC(COC(=O)CCCCCCCC)COC(=O)CCCCCCCCCCCCCCCCCCCCCCCCCCCCCCCCCCC. The topological polar surface area (TPSA) is 78.9 Å². The number of allylic oxidation sites excluding steroid dienone is 6. The van der Waals surface area contributed by atoms with E-state index in [0.29, 0.717) is 19.3 Å². The molecule has 0 N–H and O–H groups in total. The van der Waals surface area contributed by atoms with Crippen LogP contribution in [0.4, 0.5) is 0 Å². The number of carbonyl (C=O) groups is 3. The van der Waals surface area contributed by atoms with Crippen molar-refractivity contribution < 1.29 is 28.6 Å². The standard InChI is InChI=1S/C68H126O6/c1-4-7-10-13-16-18-20-22-24-26-27-28-29-30-31-32-33-34-35-36-37-38-39-40-41-43-44-46-48-50-52-55-58-61-67(70)73-64-65(63-72-66(69)60-57-54-15-12-9-6-3)74-68(71)62-59-56-53-51-49-47-45-42-25-23-21-19-17-14-11-8-5-2/h8,11,17,19,23,25,65H,4-7,9-10,12-16,18,20-22,24,26-64H2,1-3H3/b11-8-,19-17-,25-23-. The van der Waals surface area contributed by atoms with E-state index in [1.54, 1.807) is 0 Å². The molecule has 0 radical (unpaired) electrons. The van der Waals surface area contributed by atoms with Gasteiger partial charge in [-0.25, -0.2) is 0 Å². The van der Waals surface area contributed by atoms with E-state index in [4.69, 9.17) is 14.2 Å². The average Bonchev–Trinajstić information content (AvgIpc) is 3.40. The lowest BCUT2D eigenvalue weighted by Crippen LogP contribution is -2.30. The molecule has 1 atom stereocenters. The summed E-state index contributed by atoms with van der Waals surface area (Å²) in [6, 6.07) is 0. The monoisotopic (exact) mass is 1040 g/mol. The first-order chi connectivity index (χ1) is 36.5. The molecule has 1 unspecified atom stereocenters. The third kappa shape index (κ3) is 60.5. The molecule has 0 aromatic rings. The van der Waals surface area contributed by atoms with Crippen LogP contribution in [0.3, 0.4) is 0 Å². The molecule has 0 spiro atoms. The van der Waals surface area contributed by atoms with Crippen LogP contribution in [0.5, 0.6) is 0 Å². The molecule has 0 saturated heterocycles. The minimum absolute atomic E-state index is 0.0724. The summed E-state index contributed by atoms with van der Waals surface area (Å²) in [6.07, 6.45) is 77.9. The van der Waals surface area contributed by atoms with Crippen LogP contribution >= 0.6 is 0 Å². The van der Waals surface area contributed by atoms with E-state index in [1.165, 1.54) is 238 Å². The van der Waals surface area contributed by atoms with Crippen molar-refractivity contribution in [3.05, 3.63) is 36.5 Å². The van der Waals surface area contributed by atoms with Crippen LogP contribution in [0, 0.1) is 0 Å². The summed E-state index contributed by atoms with van der Waals surface area (Å²) in [5.74, 6) is -0.874. The quantitative estimate of drug-likeness (QED) is 0.0261. The molecule has 0 aromatic carbocycles. The van der Waals surface area contributed by atoms with Gasteiger partial charge in [-0.3, -0.25) is 14.4 Å². The number of carbonyl (C=O) groups excluding carboxylic acids is 3. The molecule has 0 aromatic heterocycles. The average molecular weight is 1040 g/mol. The van der Waals surface area contributed by atoms with Crippen LogP contribution < -0.4 is 0 Å². The first kappa shape index (κ1) is 71.6. The highest BCUT2D eigenvalue weighted by atomic mass is 16.6. The Morgan fingerprint density at radius 2 is 0.527 bits per heavy atom. The van der Waals surface area contributed by atoms with Crippen molar-refractivity contribution in [3.63, 3.8) is 0 Å². The maximum absolute atomic E-state index is 12.8. The van der Waals surface area contributed by atoms with Gasteiger partial charge in [0.05, 0.1) is 0 Å². The highest BCUT2D eigenvalue weighted by molar-refractivity contribution is 5.71. The first-order valence-corrected chi connectivity index (χ1v) is 33.0. The van der Waals surface area contributed by atoms with E-state index in [2.05, 4.69) is 57.2 Å². The van der Waals surface area contributed by atoms with Crippen molar-refractivity contribution in [1.29, 1.82) is 0 Å². The van der Waals surface area contributed by atoms with Crippen molar-refractivity contribution in [2.75, 3.05) is 13.2 Å². The Kier molecular flexibility index (Phi) is 61.1. The Bertz CT molecular complexity index is 1240. The Labute approximate surface area is 461 Å². The zero-order valence-electron chi connectivity index (χ0n) is 49.9. The van der Waals surface area contributed by atoms with Crippen molar-refractivity contribution in [2.45, 2.75) is 367 Å². The van der Waals surface area contributed by atoms with E-state index < -0.39 is 6.10 Å². The Morgan fingerprint density at radius 3 is 0.824 bits per heavy atom. The number of esters is 3. The predicted molar refractivity (Wildman–Crippen MR) is 321 cm³/mol. The molecule has 6 nitrogen and oxygen atoms in total. The van der Waals surface area contributed by atoms with E-state index in [1.807, 2.05) is 0 Å². The Morgan fingerprint density at radius 1 is 0.284 bits per heavy atom. The largest absolute Gasteiger partial charge is 0.462 e. The lowest BCUT2D eigenvalue weighted by Gasteiger charge is -2.18. The van der Waals surface area contributed by atoms with Crippen LogP contribution in [0.15, 0.2) is 36.5 Å². The fourth-order valence-corrected chi connectivity index (χ4v) is 9.99. The van der Waals surface area contributed by atoms with Crippen LogP contribution in [0.1, 0.15) is 361 Å². The Balaban J connectivity index is 3.91.